The van der Waals surface area contributed by atoms with Gasteiger partial charge in [0.2, 0.25) is 0 Å². The van der Waals surface area contributed by atoms with Gasteiger partial charge < -0.3 is 14.2 Å². The fourth-order valence-electron chi connectivity index (χ4n) is 0.644. The Morgan fingerprint density at radius 2 is 2.56 bits per heavy atom. The Bertz CT molecular complexity index is 119. The van der Waals surface area contributed by atoms with Crippen LogP contribution in [0.25, 0.3) is 0 Å². The molecule has 1 aliphatic rings. The number of allylic oxidation sites excluding steroid dienone is 1. The van der Waals surface area contributed by atoms with E-state index in [1.807, 2.05) is 6.92 Å². The first-order valence-electron chi connectivity index (χ1n) is 2.81. The highest BCUT2D eigenvalue weighted by atomic mass is 16.7. The largest absolute Gasteiger partial charge is 0.457 e. The van der Waals surface area contributed by atoms with Crippen LogP contribution in [-0.4, -0.2) is 20.0 Å². The summed E-state index contributed by atoms with van der Waals surface area (Å²) < 4.78 is 14.9. The van der Waals surface area contributed by atoms with Crippen molar-refractivity contribution < 1.29 is 14.2 Å². The van der Waals surface area contributed by atoms with Crippen LogP contribution in [0.2, 0.25) is 0 Å². The maximum absolute atomic E-state index is 5.12. The molecule has 0 aliphatic carbocycles. The average Bonchev–Trinajstić information content (AvgIpc) is 2.17. The van der Waals surface area contributed by atoms with Crippen LogP contribution in [0.5, 0.6) is 0 Å². The number of hydrogen-bond donors (Lipinski definition) is 0. The molecule has 0 bridgehead atoms. The van der Waals surface area contributed by atoms with E-state index >= 15 is 0 Å². The second-order valence-electron chi connectivity index (χ2n) is 1.87. The van der Waals surface area contributed by atoms with Crippen LogP contribution < -0.4 is 0 Å². The molecule has 0 N–H and O–H groups in total. The van der Waals surface area contributed by atoms with E-state index < -0.39 is 0 Å². The number of rotatable bonds is 2. The Morgan fingerprint density at radius 3 is 3.00 bits per heavy atom. The van der Waals surface area contributed by atoms with Crippen molar-refractivity contribution in [1.82, 2.24) is 0 Å². The molecule has 3 nitrogen and oxygen atoms in total. The minimum absolute atomic E-state index is 0.227. The second kappa shape index (κ2) is 2.73. The average molecular weight is 130 g/mol. The summed E-state index contributed by atoms with van der Waals surface area (Å²) >= 11 is 0. The topological polar surface area (TPSA) is 27.7 Å². The van der Waals surface area contributed by atoms with Crippen molar-refractivity contribution in [1.29, 1.82) is 0 Å². The quantitative estimate of drug-likeness (QED) is 0.555. The lowest BCUT2D eigenvalue weighted by atomic mass is 10.6. The number of hydrogen-bond acceptors (Lipinski definition) is 3. The van der Waals surface area contributed by atoms with Gasteiger partial charge >= 0.3 is 0 Å². The van der Waals surface area contributed by atoms with Gasteiger partial charge in [0.15, 0.2) is 0 Å². The first-order chi connectivity index (χ1) is 4.33. The summed E-state index contributed by atoms with van der Waals surface area (Å²) in [5.74, 6) is 0.803. The van der Waals surface area contributed by atoms with Gasteiger partial charge in [-0.3, -0.25) is 0 Å². The molecule has 0 saturated heterocycles. The summed E-state index contributed by atoms with van der Waals surface area (Å²) in [5.41, 5.74) is 0. The van der Waals surface area contributed by atoms with Crippen LogP contribution in [0.1, 0.15) is 6.92 Å². The monoisotopic (exact) mass is 130 g/mol. The van der Waals surface area contributed by atoms with Crippen molar-refractivity contribution >= 4 is 0 Å². The van der Waals surface area contributed by atoms with Gasteiger partial charge in [-0.15, -0.1) is 0 Å². The molecule has 1 unspecified atom stereocenters. The number of methoxy groups -OCH3 is 1. The minimum Gasteiger partial charge on any atom is -0.457 e. The van der Waals surface area contributed by atoms with Gasteiger partial charge in [-0.25, -0.2) is 0 Å². The molecule has 0 aromatic heterocycles. The fourth-order valence-corrected chi connectivity index (χ4v) is 0.644. The third kappa shape index (κ3) is 1.61. The number of ether oxygens (including phenoxy) is 3. The van der Waals surface area contributed by atoms with Crippen molar-refractivity contribution in [3.05, 3.63) is 12.0 Å². The maximum Gasteiger partial charge on any atom is 0.263 e. The third-order valence-electron chi connectivity index (χ3n) is 1.01. The van der Waals surface area contributed by atoms with E-state index in [9.17, 15) is 0 Å². The molecule has 52 valence electrons. The van der Waals surface area contributed by atoms with Gasteiger partial charge in [0.1, 0.15) is 18.6 Å². The smallest absolute Gasteiger partial charge is 0.263 e. The molecule has 1 atom stereocenters. The minimum atomic E-state index is -0.227. The van der Waals surface area contributed by atoms with E-state index in [2.05, 4.69) is 0 Å². The van der Waals surface area contributed by atoms with Crippen LogP contribution in [0.4, 0.5) is 0 Å². The highest BCUT2D eigenvalue weighted by Gasteiger charge is 2.14. The van der Waals surface area contributed by atoms with Crippen molar-refractivity contribution in [3.8, 4) is 0 Å². The zero-order chi connectivity index (χ0) is 6.69. The summed E-state index contributed by atoms with van der Waals surface area (Å²) in [4.78, 5) is 0. The molecule has 0 fully saturated rings. The third-order valence-corrected chi connectivity index (χ3v) is 1.01. The molecule has 0 radical (unpaired) electrons. The first-order valence-corrected chi connectivity index (χ1v) is 2.81. The Balaban J connectivity index is 2.21. The first kappa shape index (κ1) is 6.42. The SMILES string of the molecule is COCC1OC=C(C)O1. The van der Waals surface area contributed by atoms with E-state index in [-0.39, 0.29) is 6.29 Å². The highest BCUT2D eigenvalue weighted by Crippen LogP contribution is 2.12. The molecular weight excluding hydrogens is 120 g/mol. The highest BCUT2D eigenvalue weighted by molar-refractivity contribution is 4.86. The van der Waals surface area contributed by atoms with Crippen LogP contribution in [0, 0.1) is 0 Å². The lowest BCUT2D eigenvalue weighted by molar-refractivity contribution is -0.0762. The van der Waals surface area contributed by atoms with Crippen LogP contribution in [0.15, 0.2) is 12.0 Å². The summed E-state index contributed by atoms with van der Waals surface area (Å²) in [6.07, 6.45) is 1.36. The predicted octanol–water partition coefficient (Wildman–Crippen LogP) is 0.867. The van der Waals surface area contributed by atoms with Gasteiger partial charge in [-0.05, 0) is 6.92 Å². The molecule has 0 aromatic rings. The van der Waals surface area contributed by atoms with Crippen molar-refractivity contribution in [2.45, 2.75) is 13.2 Å². The van der Waals surface area contributed by atoms with Crippen molar-refractivity contribution in [3.63, 3.8) is 0 Å². The molecule has 1 aliphatic heterocycles. The molecule has 0 spiro atoms. The second-order valence-corrected chi connectivity index (χ2v) is 1.87. The van der Waals surface area contributed by atoms with Crippen LogP contribution in [0.3, 0.4) is 0 Å². The summed E-state index contributed by atoms with van der Waals surface area (Å²) in [7, 11) is 1.61. The van der Waals surface area contributed by atoms with Gasteiger partial charge in [0.05, 0.1) is 0 Å². The van der Waals surface area contributed by atoms with Crippen molar-refractivity contribution in [2.75, 3.05) is 13.7 Å². The molecule has 0 aromatic carbocycles. The molecule has 0 amide bonds. The van der Waals surface area contributed by atoms with Gasteiger partial charge in [0.25, 0.3) is 6.29 Å². The van der Waals surface area contributed by atoms with E-state index in [0.29, 0.717) is 6.61 Å². The van der Waals surface area contributed by atoms with E-state index in [0.717, 1.165) is 5.76 Å². The van der Waals surface area contributed by atoms with Crippen LogP contribution >= 0.6 is 0 Å². The standard InChI is InChI=1S/C6H10O3/c1-5-3-8-6(9-5)4-7-2/h3,6H,4H2,1-2H3. The summed E-state index contributed by atoms with van der Waals surface area (Å²) in [6, 6.07) is 0. The van der Waals surface area contributed by atoms with E-state index in [4.69, 9.17) is 14.2 Å². The molecule has 1 rings (SSSR count). The Kier molecular flexibility index (Phi) is 1.95. The fraction of sp³-hybridized carbons (Fsp3) is 0.667. The Labute approximate surface area is 54.2 Å². The summed E-state index contributed by atoms with van der Waals surface area (Å²) in [6.45, 7) is 2.32. The summed E-state index contributed by atoms with van der Waals surface area (Å²) in [5, 5.41) is 0. The normalized spacial score (nSPS) is 24.7. The molecule has 0 saturated carbocycles. The van der Waals surface area contributed by atoms with E-state index in [1.54, 1.807) is 13.4 Å². The molecule has 9 heavy (non-hydrogen) atoms. The van der Waals surface area contributed by atoms with E-state index in [1.165, 1.54) is 0 Å². The predicted molar refractivity (Wildman–Crippen MR) is 31.6 cm³/mol. The van der Waals surface area contributed by atoms with Crippen molar-refractivity contribution in [2.24, 2.45) is 0 Å². The lowest BCUT2D eigenvalue weighted by Gasteiger charge is -2.08. The lowest BCUT2D eigenvalue weighted by Crippen LogP contribution is -2.14. The Morgan fingerprint density at radius 1 is 1.78 bits per heavy atom. The van der Waals surface area contributed by atoms with Crippen LogP contribution in [-0.2, 0) is 14.2 Å². The van der Waals surface area contributed by atoms with Gasteiger partial charge in [0, 0.05) is 7.11 Å². The Hall–Kier alpha value is -0.700. The van der Waals surface area contributed by atoms with Gasteiger partial charge in [-0.1, -0.05) is 0 Å². The van der Waals surface area contributed by atoms with Gasteiger partial charge in [-0.2, -0.15) is 0 Å². The molecular formula is C6H10O3. The molecule has 1 heterocycles. The zero-order valence-corrected chi connectivity index (χ0v) is 5.59. The zero-order valence-electron chi connectivity index (χ0n) is 5.59. The maximum atomic E-state index is 5.12. The molecule has 3 heteroatoms.